The molecule has 2 heterocycles. The molecule has 1 aliphatic carbocycles. The van der Waals surface area contributed by atoms with E-state index in [1.54, 1.807) is 0 Å². The van der Waals surface area contributed by atoms with Crippen molar-refractivity contribution in [2.24, 2.45) is 0 Å². The summed E-state index contributed by atoms with van der Waals surface area (Å²) in [6, 6.07) is 76.2. The zero-order chi connectivity index (χ0) is 37.8. The summed E-state index contributed by atoms with van der Waals surface area (Å²) in [4.78, 5) is 6.96. The van der Waals surface area contributed by atoms with Crippen molar-refractivity contribution in [2.45, 2.75) is 5.41 Å². The summed E-state index contributed by atoms with van der Waals surface area (Å²) in [7, 11) is 0. The van der Waals surface area contributed by atoms with Crippen LogP contribution in [0.3, 0.4) is 0 Å². The van der Waals surface area contributed by atoms with Gasteiger partial charge in [-0.2, -0.15) is 0 Å². The van der Waals surface area contributed by atoms with Gasteiger partial charge in [-0.3, -0.25) is 4.98 Å². The Balaban J connectivity index is 1.08. The molecule has 0 unspecified atom stereocenters. The van der Waals surface area contributed by atoms with E-state index in [2.05, 4.69) is 198 Å². The number of nitrogens with zero attached hydrogens (tertiary/aromatic N) is 2. The lowest BCUT2D eigenvalue weighted by Crippen LogP contribution is -2.28. The standard InChI is InChI=1S/C54H36N2O/c1-2-15-39(16-3-1)54(49-23-7-4-18-45(49)46-19-5-8-24-50(46)54)40-29-33-42(34-30-40)56(41-31-27-37(28-32-41)51-25-10-11-35-55-51)43-17-12-14-38(36-43)44-21-13-22-48-47-20-6-9-26-52(47)57-53(44)48/h1-36H. The maximum atomic E-state index is 6.50. The molecule has 10 aromatic rings. The van der Waals surface area contributed by atoms with E-state index in [0.717, 1.165) is 61.4 Å². The Morgan fingerprint density at radius 1 is 0.404 bits per heavy atom. The SMILES string of the molecule is c1ccc(C2(c3ccc(N(c4ccc(-c5ccccn5)cc4)c4cccc(-c5cccc6c5oc5ccccc56)c4)cc3)c3ccccc3-c3ccccc32)cc1. The van der Waals surface area contributed by atoms with Crippen molar-refractivity contribution in [1.82, 2.24) is 4.98 Å². The molecular weight excluding hydrogens is 693 g/mol. The molecule has 0 bridgehead atoms. The van der Waals surface area contributed by atoms with E-state index in [9.17, 15) is 0 Å². The number of benzene rings is 8. The van der Waals surface area contributed by atoms with Crippen LogP contribution in [0.2, 0.25) is 0 Å². The van der Waals surface area contributed by atoms with Crippen LogP contribution in [0.25, 0.3) is 55.4 Å². The van der Waals surface area contributed by atoms with E-state index in [1.165, 1.54) is 33.4 Å². The van der Waals surface area contributed by atoms with Gasteiger partial charge in [0.25, 0.3) is 0 Å². The highest BCUT2D eigenvalue weighted by atomic mass is 16.3. The van der Waals surface area contributed by atoms with Gasteiger partial charge in [0, 0.05) is 45.2 Å². The molecule has 0 atom stereocenters. The maximum absolute atomic E-state index is 6.50. The van der Waals surface area contributed by atoms with Crippen molar-refractivity contribution in [3.05, 3.63) is 241 Å². The van der Waals surface area contributed by atoms with Gasteiger partial charge in [0.2, 0.25) is 0 Å². The first-order chi connectivity index (χ1) is 28.3. The average Bonchev–Trinajstić information content (AvgIpc) is 3.82. The number of fused-ring (bicyclic) bond motifs is 6. The fraction of sp³-hybridized carbons (Fsp3) is 0.0185. The Morgan fingerprint density at radius 3 is 1.74 bits per heavy atom. The second-order valence-electron chi connectivity index (χ2n) is 14.7. The number of anilines is 3. The molecule has 0 spiro atoms. The number of pyridine rings is 1. The molecule has 0 N–H and O–H groups in total. The van der Waals surface area contributed by atoms with Crippen molar-refractivity contribution >= 4 is 39.0 Å². The van der Waals surface area contributed by atoms with Crippen LogP contribution in [0.5, 0.6) is 0 Å². The van der Waals surface area contributed by atoms with Crippen LogP contribution >= 0.6 is 0 Å². The van der Waals surface area contributed by atoms with Crippen molar-refractivity contribution < 1.29 is 4.42 Å². The van der Waals surface area contributed by atoms with Gasteiger partial charge in [-0.15, -0.1) is 0 Å². The van der Waals surface area contributed by atoms with Gasteiger partial charge in [0.15, 0.2) is 0 Å². The fourth-order valence-corrected chi connectivity index (χ4v) is 9.12. The van der Waals surface area contributed by atoms with Gasteiger partial charge in [-0.1, -0.05) is 158 Å². The van der Waals surface area contributed by atoms with E-state index in [-0.39, 0.29) is 0 Å². The third-order valence-corrected chi connectivity index (χ3v) is 11.6. The minimum absolute atomic E-state index is 0.465. The van der Waals surface area contributed by atoms with Crippen LogP contribution in [0.4, 0.5) is 17.1 Å². The first-order valence-electron chi connectivity index (χ1n) is 19.5. The summed E-state index contributed by atoms with van der Waals surface area (Å²) >= 11 is 0. The summed E-state index contributed by atoms with van der Waals surface area (Å²) in [6.07, 6.45) is 1.84. The van der Waals surface area contributed by atoms with Gasteiger partial charge in [-0.25, -0.2) is 0 Å². The molecule has 0 saturated carbocycles. The number of hydrogen-bond donors (Lipinski definition) is 0. The summed E-state index contributed by atoms with van der Waals surface area (Å²) in [5.41, 5.74) is 16.3. The smallest absolute Gasteiger partial charge is 0.143 e. The molecule has 0 radical (unpaired) electrons. The van der Waals surface area contributed by atoms with Crippen LogP contribution in [0, 0.1) is 0 Å². The Kier molecular flexibility index (Phi) is 7.71. The van der Waals surface area contributed by atoms with Crippen molar-refractivity contribution in [3.8, 4) is 33.5 Å². The van der Waals surface area contributed by atoms with E-state index >= 15 is 0 Å². The summed E-state index contributed by atoms with van der Waals surface area (Å²) in [5, 5.41) is 2.24. The minimum atomic E-state index is -0.465. The van der Waals surface area contributed by atoms with Crippen molar-refractivity contribution in [1.29, 1.82) is 0 Å². The van der Waals surface area contributed by atoms with Crippen LogP contribution in [0.1, 0.15) is 22.3 Å². The minimum Gasteiger partial charge on any atom is -0.455 e. The normalized spacial score (nSPS) is 12.7. The zero-order valence-corrected chi connectivity index (χ0v) is 31.1. The molecule has 0 saturated heterocycles. The predicted molar refractivity (Wildman–Crippen MR) is 234 cm³/mol. The molecular formula is C54H36N2O. The van der Waals surface area contributed by atoms with Crippen LogP contribution in [-0.2, 0) is 5.41 Å². The third kappa shape index (κ3) is 5.24. The van der Waals surface area contributed by atoms with Gasteiger partial charge in [0.1, 0.15) is 11.2 Å². The number of furan rings is 1. The van der Waals surface area contributed by atoms with E-state index in [4.69, 9.17) is 4.42 Å². The topological polar surface area (TPSA) is 29.3 Å². The lowest BCUT2D eigenvalue weighted by Gasteiger charge is -2.34. The number of rotatable bonds is 7. The number of hydrogen-bond acceptors (Lipinski definition) is 3. The Hall–Kier alpha value is -7.49. The quantitative estimate of drug-likeness (QED) is 0.164. The zero-order valence-electron chi connectivity index (χ0n) is 31.1. The highest BCUT2D eigenvalue weighted by Crippen LogP contribution is 2.56. The van der Waals surface area contributed by atoms with Gasteiger partial charge in [0.05, 0.1) is 11.1 Å². The number of para-hydroxylation sites is 2. The fourth-order valence-electron chi connectivity index (χ4n) is 9.12. The maximum Gasteiger partial charge on any atom is 0.143 e. The summed E-state index contributed by atoms with van der Waals surface area (Å²) in [6.45, 7) is 0. The second kappa shape index (κ2) is 13.4. The van der Waals surface area contributed by atoms with E-state index in [0.29, 0.717) is 0 Å². The average molecular weight is 729 g/mol. The van der Waals surface area contributed by atoms with E-state index < -0.39 is 5.41 Å². The van der Waals surface area contributed by atoms with Crippen molar-refractivity contribution in [2.75, 3.05) is 4.90 Å². The molecule has 0 aliphatic heterocycles. The Labute approximate surface area is 331 Å². The molecule has 2 aromatic heterocycles. The molecule has 0 fully saturated rings. The van der Waals surface area contributed by atoms with Gasteiger partial charge < -0.3 is 9.32 Å². The van der Waals surface area contributed by atoms with Crippen LogP contribution in [-0.4, -0.2) is 4.98 Å². The molecule has 8 aromatic carbocycles. The first kappa shape index (κ1) is 32.9. The first-order valence-corrected chi connectivity index (χ1v) is 19.5. The summed E-state index contributed by atoms with van der Waals surface area (Å²) in [5.74, 6) is 0. The molecule has 3 nitrogen and oxygen atoms in total. The Bertz CT molecular complexity index is 3010. The van der Waals surface area contributed by atoms with Crippen LogP contribution < -0.4 is 4.90 Å². The lowest BCUT2D eigenvalue weighted by molar-refractivity contribution is 0.670. The van der Waals surface area contributed by atoms with Gasteiger partial charge >= 0.3 is 0 Å². The van der Waals surface area contributed by atoms with Gasteiger partial charge in [-0.05, 0) is 93.5 Å². The monoisotopic (exact) mass is 728 g/mol. The largest absolute Gasteiger partial charge is 0.455 e. The molecule has 1 aliphatic rings. The highest BCUT2D eigenvalue weighted by molar-refractivity contribution is 6.09. The molecule has 0 amide bonds. The lowest BCUT2D eigenvalue weighted by atomic mass is 9.68. The molecule has 11 rings (SSSR count). The van der Waals surface area contributed by atoms with Crippen LogP contribution in [0.15, 0.2) is 223 Å². The number of aromatic nitrogens is 1. The predicted octanol–water partition coefficient (Wildman–Crippen LogP) is 14.1. The summed E-state index contributed by atoms with van der Waals surface area (Å²) < 4.78 is 6.50. The highest BCUT2D eigenvalue weighted by Gasteiger charge is 2.45. The van der Waals surface area contributed by atoms with E-state index in [1.807, 2.05) is 30.5 Å². The molecule has 3 heteroatoms. The second-order valence-corrected chi connectivity index (χ2v) is 14.7. The molecule has 57 heavy (non-hydrogen) atoms. The third-order valence-electron chi connectivity index (χ3n) is 11.6. The molecule has 268 valence electrons. The van der Waals surface area contributed by atoms with Crippen molar-refractivity contribution in [3.63, 3.8) is 0 Å². The Morgan fingerprint density at radius 2 is 1.00 bits per heavy atom.